The number of aryl methyl sites for hydroxylation is 1. The van der Waals surface area contributed by atoms with Crippen molar-refractivity contribution < 1.29 is 0 Å². The van der Waals surface area contributed by atoms with Gasteiger partial charge in [0.1, 0.15) is 0 Å². The maximum absolute atomic E-state index is 4.08. The van der Waals surface area contributed by atoms with Crippen molar-refractivity contribution in [3.8, 4) is 0 Å². The van der Waals surface area contributed by atoms with Gasteiger partial charge < -0.3 is 5.32 Å². The first-order valence-electron chi connectivity index (χ1n) is 7.99. The third kappa shape index (κ3) is 7.99. The monoisotopic (exact) mass is 262 g/mol. The Morgan fingerprint density at radius 1 is 1.00 bits per heavy atom. The van der Waals surface area contributed by atoms with Gasteiger partial charge in [-0.25, -0.2) is 0 Å². The summed E-state index contributed by atoms with van der Waals surface area (Å²) in [5.74, 6) is 0. The van der Waals surface area contributed by atoms with Crippen LogP contribution in [0.4, 0.5) is 0 Å². The van der Waals surface area contributed by atoms with Gasteiger partial charge in [-0.2, -0.15) is 0 Å². The third-order valence-electron chi connectivity index (χ3n) is 3.62. The second-order valence-corrected chi connectivity index (χ2v) is 5.39. The first-order chi connectivity index (χ1) is 9.36. The summed E-state index contributed by atoms with van der Waals surface area (Å²) in [5, 5.41) is 3.70. The normalized spacial score (nSPS) is 12.5. The molecule has 0 bridgehead atoms. The van der Waals surface area contributed by atoms with Crippen molar-refractivity contribution in [1.29, 1.82) is 0 Å². The molecule has 1 heterocycles. The minimum absolute atomic E-state index is 0.685. The molecule has 1 N–H and O–H groups in total. The molecule has 0 fully saturated rings. The van der Waals surface area contributed by atoms with E-state index >= 15 is 0 Å². The summed E-state index contributed by atoms with van der Waals surface area (Å²) < 4.78 is 0. The highest BCUT2D eigenvalue weighted by Crippen LogP contribution is 2.11. The maximum atomic E-state index is 4.08. The molecule has 1 rings (SSSR count). The molecule has 1 atom stereocenters. The summed E-state index contributed by atoms with van der Waals surface area (Å²) in [6, 6.07) is 4.95. The van der Waals surface area contributed by atoms with Gasteiger partial charge in [-0.3, -0.25) is 4.98 Å². The molecule has 0 aliphatic rings. The summed E-state index contributed by atoms with van der Waals surface area (Å²) in [5.41, 5.74) is 1.41. The highest BCUT2D eigenvalue weighted by atomic mass is 14.9. The largest absolute Gasteiger partial charge is 0.314 e. The third-order valence-corrected chi connectivity index (χ3v) is 3.62. The van der Waals surface area contributed by atoms with Crippen LogP contribution >= 0.6 is 0 Å². The SMILES string of the molecule is CCCCCCC(CCc1ccncc1)NCCC. The van der Waals surface area contributed by atoms with Crippen molar-refractivity contribution in [1.82, 2.24) is 10.3 Å². The molecule has 1 aromatic rings. The molecule has 0 amide bonds. The molecule has 108 valence electrons. The predicted molar refractivity (Wildman–Crippen MR) is 83.4 cm³/mol. The van der Waals surface area contributed by atoms with Gasteiger partial charge in [-0.05, 0) is 49.9 Å². The molecular weight excluding hydrogens is 232 g/mol. The van der Waals surface area contributed by atoms with Gasteiger partial charge in [0.05, 0.1) is 0 Å². The zero-order valence-corrected chi connectivity index (χ0v) is 12.7. The second kappa shape index (κ2) is 11.0. The van der Waals surface area contributed by atoms with E-state index in [1.807, 2.05) is 12.4 Å². The Hall–Kier alpha value is -0.890. The fourth-order valence-corrected chi connectivity index (χ4v) is 2.40. The van der Waals surface area contributed by atoms with Crippen molar-refractivity contribution in [2.45, 2.75) is 71.3 Å². The van der Waals surface area contributed by atoms with E-state index in [-0.39, 0.29) is 0 Å². The number of nitrogens with one attached hydrogen (secondary N) is 1. The van der Waals surface area contributed by atoms with Crippen LogP contribution in [0.25, 0.3) is 0 Å². The molecule has 1 aromatic heterocycles. The van der Waals surface area contributed by atoms with Crippen LogP contribution in [0.5, 0.6) is 0 Å². The van der Waals surface area contributed by atoms with Crippen LogP contribution in [0.3, 0.4) is 0 Å². The number of unbranched alkanes of at least 4 members (excludes halogenated alkanes) is 3. The average molecular weight is 262 g/mol. The van der Waals surface area contributed by atoms with Gasteiger partial charge in [0.15, 0.2) is 0 Å². The van der Waals surface area contributed by atoms with E-state index in [9.17, 15) is 0 Å². The zero-order chi connectivity index (χ0) is 13.8. The Labute approximate surface area is 119 Å². The van der Waals surface area contributed by atoms with E-state index in [1.165, 1.54) is 50.5 Å². The van der Waals surface area contributed by atoms with Crippen molar-refractivity contribution in [3.05, 3.63) is 30.1 Å². The molecule has 19 heavy (non-hydrogen) atoms. The molecule has 1 unspecified atom stereocenters. The van der Waals surface area contributed by atoms with Crippen LogP contribution in [0, 0.1) is 0 Å². The Morgan fingerprint density at radius 3 is 2.47 bits per heavy atom. The summed E-state index contributed by atoms with van der Waals surface area (Å²) >= 11 is 0. The number of hydrogen-bond donors (Lipinski definition) is 1. The lowest BCUT2D eigenvalue weighted by molar-refractivity contribution is 0.432. The number of rotatable bonds is 11. The summed E-state index contributed by atoms with van der Waals surface area (Å²) in [6.45, 7) is 5.66. The molecule has 0 aliphatic carbocycles. The quantitative estimate of drug-likeness (QED) is 0.600. The van der Waals surface area contributed by atoms with Crippen LogP contribution in [0.15, 0.2) is 24.5 Å². The van der Waals surface area contributed by atoms with Crippen LogP contribution < -0.4 is 5.32 Å². The molecule has 0 radical (unpaired) electrons. The van der Waals surface area contributed by atoms with Crippen LogP contribution in [-0.4, -0.2) is 17.6 Å². The van der Waals surface area contributed by atoms with Gasteiger partial charge in [0.2, 0.25) is 0 Å². The Kier molecular flexibility index (Phi) is 9.34. The second-order valence-electron chi connectivity index (χ2n) is 5.39. The molecule has 0 aliphatic heterocycles. The standard InChI is InChI=1S/C17H30N2/c1-3-5-6-7-8-17(19-13-4-2)10-9-16-11-14-18-15-12-16/h11-12,14-15,17,19H,3-10,13H2,1-2H3. The Morgan fingerprint density at radius 2 is 1.79 bits per heavy atom. The van der Waals surface area contributed by atoms with Gasteiger partial charge >= 0.3 is 0 Å². The fourth-order valence-electron chi connectivity index (χ4n) is 2.40. The van der Waals surface area contributed by atoms with Gasteiger partial charge in [-0.1, -0.05) is 39.5 Å². The molecule has 0 saturated carbocycles. The number of pyridine rings is 1. The predicted octanol–water partition coefficient (Wildman–Crippen LogP) is 4.35. The topological polar surface area (TPSA) is 24.9 Å². The number of nitrogens with zero attached hydrogens (tertiary/aromatic N) is 1. The van der Waals surface area contributed by atoms with Crippen molar-refractivity contribution in [3.63, 3.8) is 0 Å². The van der Waals surface area contributed by atoms with Crippen molar-refractivity contribution in [2.24, 2.45) is 0 Å². The first kappa shape index (κ1) is 16.2. The first-order valence-corrected chi connectivity index (χ1v) is 7.99. The zero-order valence-electron chi connectivity index (χ0n) is 12.7. The molecule has 0 saturated heterocycles. The van der Waals surface area contributed by atoms with Gasteiger partial charge in [0.25, 0.3) is 0 Å². The van der Waals surface area contributed by atoms with Crippen LogP contribution in [0.2, 0.25) is 0 Å². The van der Waals surface area contributed by atoms with Gasteiger partial charge in [0, 0.05) is 18.4 Å². The van der Waals surface area contributed by atoms with E-state index < -0.39 is 0 Å². The summed E-state index contributed by atoms with van der Waals surface area (Å²) in [6.07, 6.45) is 14.2. The maximum Gasteiger partial charge on any atom is 0.0270 e. The lowest BCUT2D eigenvalue weighted by Crippen LogP contribution is -2.30. The lowest BCUT2D eigenvalue weighted by Gasteiger charge is -2.18. The van der Waals surface area contributed by atoms with E-state index in [1.54, 1.807) is 0 Å². The minimum atomic E-state index is 0.685. The molecule has 0 spiro atoms. The van der Waals surface area contributed by atoms with E-state index in [0.29, 0.717) is 6.04 Å². The van der Waals surface area contributed by atoms with E-state index in [4.69, 9.17) is 0 Å². The van der Waals surface area contributed by atoms with Crippen LogP contribution in [-0.2, 0) is 6.42 Å². The highest BCUT2D eigenvalue weighted by molar-refractivity contribution is 5.09. The smallest absolute Gasteiger partial charge is 0.0270 e. The average Bonchev–Trinajstić information content (AvgIpc) is 2.46. The van der Waals surface area contributed by atoms with Gasteiger partial charge in [-0.15, -0.1) is 0 Å². The molecular formula is C17H30N2. The fraction of sp³-hybridized carbons (Fsp3) is 0.706. The number of aromatic nitrogens is 1. The van der Waals surface area contributed by atoms with E-state index in [0.717, 1.165) is 13.0 Å². The van der Waals surface area contributed by atoms with Crippen molar-refractivity contribution >= 4 is 0 Å². The van der Waals surface area contributed by atoms with Crippen molar-refractivity contribution in [2.75, 3.05) is 6.54 Å². The summed E-state index contributed by atoms with van der Waals surface area (Å²) in [4.78, 5) is 4.08. The molecule has 2 nitrogen and oxygen atoms in total. The van der Waals surface area contributed by atoms with Crippen LogP contribution in [0.1, 0.15) is 64.4 Å². The molecule has 0 aromatic carbocycles. The van der Waals surface area contributed by atoms with E-state index in [2.05, 4.69) is 36.3 Å². The minimum Gasteiger partial charge on any atom is -0.314 e. The molecule has 2 heteroatoms. The highest BCUT2D eigenvalue weighted by Gasteiger charge is 2.07. The summed E-state index contributed by atoms with van der Waals surface area (Å²) in [7, 11) is 0. The Bertz CT molecular complexity index is 297. The Balaban J connectivity index is 2.27. The number of hydrogen-bond acceptors (Lipinski definition) is 2. The lowest BCUT2D eigenvalue weighted by atomic mass is 10.0.